The van der Waals surface area contributed by atoms with E-state index in [1.54, 1.807) is 0 Å². The topological polar surface area (TPSA) is 42.7 Å². The molecular formula is C11H20N4. The monoisotopic (exact) mass is 208 g/mol. The molecule has 1 fully saturated rings. The predicted molar refractivity (Wildman–Crippen MR) is 59.8 cm³/mol. The van der Waals surface area contributed by atoms with Gasteiger partial charge in [0.05, 0.1) is 0 Å². The molecule has 4 heteroatoms. The Labute approximate surface area is 91.1 Å². The third kappa shape index (κ3) is 1.78. The summed E-state index contributed by atoms with van der Waals surface area (Å²) >= 11 is 0. The van der Waals surface area contributed by atoms with Crippen molar-refractivity contribution in [2.45, 2.75) is 45.1 Å². The molecule has 1 aromatic rings. The van der Waals surface area contributed by atoms with Crippen molar-refractivity contribution in [3.05, 3.63) is 12.2 Å². The summed E-state index contributed by atoms with van der Waals surface area (Å²) in [5.41, 5.74) is 0.213. The number of nitrogens with one attached hydrogen (secondary N) is 1. The van der Waals surface area contributed by atoms with Gasteiger partial charge in [0.15, 0.2) is 0 Å². The van der Waals surface area contributed by atoms with E-state index in [0.717, 1.165) is 26.1 Å². The number of hydrogen-bond donors (Lipinski definition) is 1. The molecule has 0 bridgehead atoms. The van der Waals surface area contributed by atoms with Crippen LogP contribution in [0.3, 0.4) is 0 Å². The van der Waals surface area contributed by atoms with E-state index in [1.807, 2.05) is 6.33 Å². The smallest absolute Gasteiger partial charge is 0.140 e. The first-order chi connectivity index (χ1) is 7.32. The van der Waals surface area contributed by atoms with E-state index in [1.165, 1.54) is 18.7 Å². The van der Waals surface area contributed by atoms with Crippen molar-refractivity contribution in [2.75, 3.05) is 13.1 Å². The minimum Gasteiger partial charge on any atom is -0.317 e. The van der Waals surface area contributed by atoms with Crippen molar-refractivity contribution in [3.8, 4) is 0 Å². The van der Waals surface area contributed by atoms with Crippen molar-refractivity contribution in [1.82, 2.24) is 20.1 Å². The van der Waals surface area contributed by atoms with Gasteiger partial charge in [0.2, 0.25) is 0 Å². The second-order valence-corrected chi connectivity index (χ2v) is 4.35. The van der Waals surface area contributed by atoms with Gasteiger partial charge in [-0.1, -0.05) is 6.92 Å². The zero-order valence-electron chi connectivity index (χ0n) is 9.66. The Morgan fingerprint density at radius 1 is 1.53 bits per heavy atom. The Morgan fingerprint density at radius 3 is 3.00 bits per heavy atom. The lowest BCUT2D eigenvalue weighted by atomic mass is 9.77. The Kier molecular flexibility index (Phi) is 3.05. The van der Waals surface area contributed by atoms with Crippen molar-refractivity contribution >= 4 is 0 Å². The first-order valence-electron chi connectivity index (χ1n) is 5.91. The maximum Gasteiger partial charge on any atom is 0.140 e. The molecule has 1 aliphatic heterocycles. The van der Waals surface area contributed by atoms with Crippen molar-refractivity contribution in [2.24, 2.45) is 0 Å². The van der Waals surface area contributed by atoms with Gasteiger partial charge in [0, 0.05) is 18.5 Å². The Balaban J connectivity index is 2.32. The van der Waals surface area contributed by atoms with Gasteiger partial charge < -0.3 is 9.88 Å². The van der Waals surface area contributed by atoms with Crippen LogP contribution < -0.4 is 5.32 Å². The van der Waals surface area contributed by atoms with E-state index in [-0.39, 0.29) is 5.41 Å². The summed E-state index contributed by atoms with van der Waals surface area (Å²) in [5, 5.41) is 11.9. The van der Waals surface area contributed by atoms with Gasteiger partial charge >= 0.3 is 0 Å². The largest absolute Gasteiger partial charge is 0.317 e. The van der Waals surface area contributed by atoms with Crippen molar-refractivity contribution in [1.29, 1.82) is 0 Å². The highest BCUT2D eigenvalue weighted by Gasteiger charge is 2.36. The van der Waals surface area contributed by atoms with E-state index >= 15 is 0 Å². The summed E-state index contributed by atoms with van der Waals surface area (Å²) in [4.78, 5) is 0. The van der Waals surface area contributed by atoms with Crippen LogP contribution in [-0.2, 0) is 12.0 Å². The van der Waals surface area contributed by atoms with Gasteiger partial charge in [-0.3, -0.25) is 0 Å². The Morgan fingerprint density at radius 2 is 2.40 bits per heavy atom. The quantitative estimate of drug-likeness (QED) is 0.815. The molecule has 2 heterocycles. The van der Waals surface area contributed by atoms with Gasteiger partial charge in [-0.25, -0.2) is 0 Å². The molecule has 1 aliphatic rings. The fourth-order valence-corrected chi connectivity index (χ4v) is 2.52. The summed E-state index contributed by atoms with van der Waals surface area (Å²) in [6.45, 7) is 7.54. The highest BCUT2D eigenvalue weighted by atomic mass is 15.3. The normalized spacial score (nSPS) is 26.8. The summed E-state index contributed by atoms with van der Waals surface area (Å²) in [6, 6.07) is 0. The number of aryl methyl sites for hydroxylation is 1. The zero-order valence-corrected chi connectivity index (χ0v) is 9.66. The van der Waals surface area contributed by atoms with Crippen LogP contribution in [0.15, 0.2) is 6.33 Å². The minimum absolute atomic E-state index is 0.213. The third-order valence-electron chi connectivity index (χ3n) is 3.58. The predicted octanol–water partition coefficient (Wildman–Crippen LogP) is 1.33. The zero-order chi connectivity index (χ0) is 10.7. The van der Waals surface area contributed by atoms with Gasteiger partial charge in [0.1, 0.15) is 12.2 Å². The second-order valence-electron chi connectivity index (χ2n) is 4.35. The van der Waals surface area contributed by atoms with Crippen LogP contribution in [0.4, 0.5) is 0 Å². The molecular weight excluding hydrogens is 188 g/mol. The van der Waals surface area contributed by atoms with Crippen LogP contribution in [-0.4, -0.2) is 27.9 Å². The average molecular weight is 208 g/mol. The van der Waals surface area contributed by atoms with Crippen LogP contribution >= 0.6 is 0 Å². The lowest BCUT2D eigenvalue weighted by Crippen LogP contribution is -2.44. The van der Waals surface area contributed by atoms with Crippen LogP contribution in [0.25, 0.3) is 0 Å². The van der Waals surface area contributed by atoms with E-state index in [9.17, 15) is 0 Å². The maximum atomic E-state index is 4.33. The maximum absolute atomic E-state index is 4.33. The molecule has 1 saturated heterocycles. The number of nitrogens with zero attached hydrogens (tertiary/aromatic N) is 3. The van der Waals surface area contributed by atoms with E-state index < -0.39 is 0 Å². The van der Waals surface area contributed by atoms with Gasteiger partial charge in [-0.15, -0.1) is 10.2 Å². The fraction of sp³-hybridized carbons (Fsp3) is 0.818. The molecule has 2 rings (SSSR count). The fourth-order valence-electron chi connectivity index (χ4n) is 2.52. The third-order valence-corrected chi connectivity index (χ3v) is 3.58. The molecule has 1 atom stereocenters. The molecule has 1 unspecified atom stereocenters. The molecule has 0 aromatic carbocycles. The molecule has 84 valence electrons. The van der Waals surface area contributed by atoms with Crippen molar-refractivity contribution < 1.29 is 0 Å². The number of hydrogen-bond acceptors (Lipinski definition) is 3. The van der Waals surface area contributed by atoms with Crippen LogP contribution in [0.2, 0.25) is 0 Å². The Hall–Kier alpha value is -0.900. The standard InChI is InChI=1S/C11H20N4/c1-3-11(6-5-7-12-8-11)10-14-13-9-15(10)4-2/h9,12H,3-8H2,1-2H3. The van der Waals surface area contributed by atoms with Gasteiger partial charge in [-0.05, 0) is 32.7 Å². The summed E-state index contributed by atoms with van der Waals surface area (Å²) in [7, 11) is 0. The van der Waals surface area contributed by atoms with E-state index in [0.29, 0.717) is 0 Å². The van der Waals surface area contributed by atoms with Crippen molar-refractivity contribution in [3.63, 3.8) is 0 Å². The minimum atomic E-state index is 0.213. The number of rotatable bonds is 3. The van der Waals surface area contributed by atoms with E-state index in [4.69, 9.17) is 0 Å². The highest BCUT2D eigenvalue weighted by Crippen LogP contribution is 2.32. The molecule has 0 amide bonds. The molecule has 0 radical (unpaired) electrons. The summed E-state index contributed by atoms with van der Waals surface area (Å²) in [6.07, 6.45) is 5.46. The molecule has 1 N–H and O–H groups in total. The van der Waals surface area contributed by atoms with Crippen LogP contribution in [0, 0.1) is 0 Å². The lowest BCUT2D eigenvalue weighted by molar-refractivity contribution is 0.278. The average Bonchev–Trinajstić information content (AvgIpc) is 2.78. The van der Waals surface area contributed by atoms with Crippen LogP contribution in [0.5, 0.6) is 0 Å². The second kappa shape index (κ2) is 4.31. The molecule has 0 saturated carbocycles. The number of piperidine rings is 1. The Bertz CT molecular complexity index is 312. The first-order valence-corrected chi connectivity index (χ1v) is 5.91. The first kappa shape index (κ1) is 10.6. The van der Waals surface area contributed by atoms with E-state index in [2.05, 4.69) is 33.9 Å². The molecule has 15 heavy (non-hydrogen) atoms. The lowest BCUT2D eigenvalue weighted by Gasteiger charge is -2.36. The van der Waals surface area contributed by atoms with Gasteiger partial charge in [0.25, 0.3) is 0 Å². The summed E-state index contributed by atoms with van der Waals surface area (Å²) in [5.74, 6) is 1.17. The van der Waals surface area contributed by atoms with Crippen LogP contribution in [0.1, 0.15) is 38.9 Å². The SMILES string of the molecule is CCn1cnnc1C1(CC)CCCNC1. The molecule has 0 aliphatic carbocycles. The highest BCUT2D eigenvalue weighted by molar-refractivity contribution is 5.10. The molecule has 0 spiro atoms. The number of aromatic nitrogens is 3. The van der Waals surface area contributed by atoms with Gasteiger partial charge in [-0.2, -0.15) is 0 Å². The molecule has 4 nitrogen and oxygen atoms in total. The summed E-state index contributed by atoms with van der Waals surface area (Å²) < 4.78 is 2.18. The molecule has 1 aromatic heterocycles.